The number of ether oxygens (including phenoxy) is 1. The molecule has 2 aromatic carbocycles. The number of hydrogen-bond donors (Lipinski definition) is 1. The second-order valence-electron chi connectivity index (χ2n) is 4.25. The fraction of sp³-hybridized carbons (Fsp3) is 0.200. The van der Waals surface area contributed by atoms with E-state index >= 15 is 0 Å². The number of benzene rings is 2. The second-order valence-corrected chi connectivity index (χ2v) is 5.16. The molecule has 0 unspecified atom stereocenters. The highest BCUT2D eigenvalue weighted by Crippen LogP contribution is 2.29. The molecule has 1 N–H and O–H groups in total. The molecular weight excluding hydrogens is 311 g/mol. The lowest BCUT2D eigenvalue weighted by Gasteiger charge is -2.14. The van der Waals surface area contributed by atoms with Gasteiger partial charge in [-0.3, -0.25) is 0 Å². The first kappa shape index (κ1) is 14.0. The van der Waals surface area contributed by atoms with Crippen LogP contribution in [0.25, 0.3) is 0 Å². The Kier molecular flexibility index (Phi) is 4.56. The Hall–Kier alpha value is -1.39. The molecule has 0 fully saturated rings. The van der Waals surface area contributed by atoms with Crippen molar-refractivity contribution in [3.63, 3.8) is 0 Å². The van der Waals surface area contributed by atoms with E-state index in [1.807, 2.05) is 13.0 Å². The predicted octanol–water partition coefficient (Wildman–Crippen LogP) is 3.97. The highest BCUT2D eigenvalue weighted by atomic mass is 79.9. The quantitative estimate of drug-likeness (QED) is 0.922. The smallest absolute Gasteiger partial charge is 0.129 e. The standard InChI is InChI=1S/C15H14BrFO2/c1-10-6-13(16)7-12(8-18)15(10)19-9-11-4-2-3-5-14(11)17/h2-7,18H,8-9H2,1H3. The zero-order chi connectivity index (χ0) is 13.8. The van der Waals surface area contributed by atoms with Crippen molar-refractivity contribution >= 4 is 15.9 Å². The number of halogens is 2. The summed E-state index contributed by atoms with van der Waals surface area (Å²) >= 11 is 3.37. The number of aryl methyl sites for hydroxylation is 1. The minimum Gasteiger partial charge on any atom is -0.488 e. The maximum absolute atomic E-state index is 13.5. The highest BCUT2D eigenvalue weighted by molar-refractivity contribution is 9.10. The van der Waals surface area contributed by atoms with Crippen molar-refractivity contribution < 1.29 is 14.2 Å². The molecule has 2 nitrogen and oxygen atoms in total. The van der Waals surface area contributed by atoms with E-state index in [4.69, 9.17) is 4.74 Å². The summed E-state index contributed by atoms with van der Waals surface area (Å²) in [5, 5.41) is 9.34. The topological polar surface area (TPSA) is 29.5 Å². The first-order valence-electron chi connectivity index (χ1n) is 5.88. The van der Waals surface area contributed by atoms with Crippen molar-refractivity contribution in [3.05, 3.63) is 63.4 Å². The van der Waals surface area contributed by atoms with Crippen LogP contribution in [0, 0.1) is 12.7 Å². The Morgan fingerprint density at radius 3 is 2.63 bits per heavy atom. The Morgan fingerprint density at radius 1 is 1.21 bits per heavy atom. The molecule has 0 amide bonds. The average Bonchev–Trinajstić information content (AvgIpc) is 2.38. The van der Waals surface area contributed by atoms with Crippen molar-refractivity contribution in [2.24, 2.45) is 0 Å². The first-order valence-corrected chi connectivity index (χ1v) is 6.67. The molecule has 19 heavy (non-hydrogen) atoms. The van der Waals surface area contributed by atoms with E-state index in [1.165, 1.54) is 6.07 Å². The first-order chi connectivity index (χ1) is 9.11. The molecule has 0 saturated carbocycles. The van der Waals surface area contributed by atoms with E-state index in [0.717, 1.165) is 10.0 Å². The zero-order valence-corrected chi connectivity index (χ0v) is 12.1. The molecule has 0 saturated heterocycles. The van der Waals surface area contributed by atoms with Crippen LogP contribution in [0.1, 0.15) is 16.7 Å². The monoisotopic (exact) mass is 324 g/mol. The molecule has 0 spiro atoms. The van der Waals surface area contributed by atoms with E-state index < -0.39 is 0 Å². The molecule has 0 aliphatic rings. The van der Waals surface area contributed by atoms with Crippen LogP contribution in [0.5, 0.6) is 5.75 Å². The number of hydrogen-bond acceptors (Lipinski definition) is 2. The van der Waals surface area contributed by atoms with Crippen LogP contribution in [0.3, 0.4) is 0 Å². The van der Waals surface area contributed by atoms with Crippen LogP contribution >= 0.6 is 15.9 Å². The van der Waals surface area contributed by atoms with Crippen molar-refractivity contribution in [3.8, 4) is 5.75 Å². The number of rotatable bonds is 4. The zero-order valence-electron chi connectivity index (χ0n) is 10.5. The molecule has 0 aromatic heterocycles. The fourth-order valence-corrected chi connectivity index (χ4v) is 2.51. The third-order valence-electron chi connectivity index (χ3n) is 2.82. The van der Waals surface area contributed by atoms with Gasteiger partial charge in [-0.2, -0.15) is 0 Å². The SMILES string of the molecule is Cc1cc(Br)cc(CO)c1OCc1ccccc1F. The molecule has 4 heteroatoms. The van der Waals surface area contributed by atoms with Crippen molar-refractivity contribution in [1.82, 2.24) is 0 Å². The van der Waals surface area contributed by atoms with Gasteiger partial charge in [0, 0.05) is 15.6 Å². The summed E-state index contributed by atoms with van der Waals surface area (Å²) in [5.41, 5.74) is 2.08. The van der Waals surface area contributed by atoms with Crippen LogP contribution in [-0.4, -0.2) is 5.11 Å². The summed E-state index contributed by atoms with van der Waals surface area (Å²) in [4.78, 5) is 0. The third-order valence-corrected chi connectivity index (χ3v) is 3.27. The second kappa shape index (κ2) is 6.17. The lowest BCUT2D eigenvalue weighted by atomic mass is 10.1. The summed E-state index contributed by atoms with van der Waals surface area (Å²) < 4.78 is 20.0. The van der Waals surface area contributed by atoms with Crippen LogP contribution < -0.4 is 4.74 Å². The summed E-state index contributed by atoms with van der Waals surface area (Å²) in [7, 11) is 0. The van der Waals surface area contributed by atoms with E-state index in [2.05, 4.69) is 15.9 Å². The van der Waals surface area contributed by atoms with Crippen LogP contribution in [0.4, 0.5) is 4.39 Å². The van der Waals surface area contributed by atoms with Gasteiger partial charge in [0.15, 0.2) is 0 Å². The minimum absolute atomic E-state index is 0.118. The van der Waals surface area contributed by atoms with Crippen LogP contribution in [0.2, 0.25) is 0 Å². The molecule has 0 bridgehead atoms. The molecular formula is C15H14BrFO2. The minimum atomic E-state index is -0.289. The Bertz CT molecular complexity index is 584. The average molecular weight is 325 g/mol. The van der Waals surface area contributed by atoms with E-state index in [0.29, 0.717) is 16.9 Å². The molecule has 2 aromatic rings. The van der Waals surface area contributed by atoms with Gasteiger partial charge in [0.25, 0.3) is 0 Å². The highest BCUT2D eigenvalue weighted by Gasteiger charge is 2.10. The Morgan fingerprint density at radius 2 is 1.95 bits per heavy atom. The normalized spacial score (nSPS) is 10.5. The molecule has 100 valence electrons. The third kappa shape index (κ3) is 3.33. The van der Waals surface area contributed by atoms with Gasteiger partial charge in [0.05, 0.1) is 6.61 Å². The summed E-state index contributed by atoms with van der Waals surface area (Å²) in [6, 6.07) is 10.2. The maximum atomic E-state index is 13.5. The van der Waals surface area contributed by atoms with Gasteiger partial charge in [-0.25, -0.2) is 4.39 Å². The van der Waals surface area contributed by atoms with Gasteiger partial charge in [-0.05, 0) is 30.7 Å². The summed E-state index contributed by atoms with van der Waals surface area (Å²) in [6.45, 7) is 1.91. The van der Waals surface area contributed by atoms with Gasteiger partial charge in [0.1, 0.15) is 18.2 Å². The molecule has 0 aliphatic carbocycles. The van der Waals surface area contributed by atoms with Gasteiger partial charge in [-0.1, -0.05) is 34.1 Å². The van der Waals surface area contributed by atoms with Gasteiger partial charge in [-0.15, -0.1) is 0 Å². The van der Waals surface area contributed by atoms with Crippen LogP contribution in [-0.2, 0) is 13.2 Å². The molecule has 0 atom stereocenters. The number of aliphatic hydroxyl groups excluding tert-OH is 1. The summed E-state index contributed by atoms with van der Waals surface area (Å²) in [5.74, 6) is 0.316. The molecule has 0 aliphatic heterocycles. The Balaban J connectivity index is 2.22. The van der Waals surface area contributed by atoms with E-state index in [-0.39, 0.29) is 19.0 Å². The van der Waals surface area contributed by atoms with Gasteiger partial charge < -0.3 is 9.84 Å². The number of aliphatic hydroxyl groups is 1. The van der Waals surface area contributed by atoms with Crippen molar-refractivity contribution in [2.75, 3.05) is 0 Å². The molecule has 2 rings (SSSR count). The molecule has 0 radical (unpaired) electrons. The summed E-state index contributed by atoms with van der Waals surface area (Å²) in [6.07, 6.45) is 0. The largest absolute Gasteiger partial charge is 0.488 e. The van der Waals surface area contributed by atoms with Gasteiger partial charge in [0.2, 0.25) is 0 Å². The van der Waals surface area contributed by atoms with Crippen LogP contribution in [0.15, 0.2) is 40.9 Å². The van der Waals surface area contributed by atoms with Gasteiger partial charge >= 0.3 is 0 Å². The lowest BCUT2D eigenvalue weighted by Crippen LogP contribution is -2.02. The van der Waals surface area contributed by atoms with Crippen molar-refractivity contribution in [2.45, 2.75) is 20.1 Å². The lowest BCUT2D eigenvalue weighted by molar-refractivity contribution is 0.256. The van der Waals surface area contributed by atoms with E-state index in [9.17, 15) is 9.50 Å². The predicted molar refractivity (Wildman–Crippen MR) is 75.5 cm³/mol. The van der Waals surface area contributed by atoms with Crippen molar-refractivity contribution in [1.29, 1.82) is 0 Å². The fourth-order valence-electron chi connectivity index (χ4n) is 1.89. The van der Waals surface area contributed by atoms with E-state index in [1.54, 1.807) is 24.3 Å². The Labute approximate surface area is 120 Å². The molecule has 0 heterocycles. The maximum Gasteiger partial charge on any atom is 0.129 e.